The normalized spacial score (nSPS) is 21.7. The molecule has 0 fully saturated rings. The number of fused-ring (bicyclic) bond motifs is 2. The van der Waals surface area contributed by atoms with Gasteiger partial charge in [-0.25, -0.2) is 4.79 Å². The molecule has 122 valence electrons. The molecule has 4 rings (SSSR count). The minimum atomic E-state index is -1.25. The average Bonchev–Trinajstić information content (AvgIpc) is 2.56. The van der Waals surface area contributed by atoms with Gasteiger partial charge in [-0.1, -0.05) is 0 Å². The van der Waals surface area contributed by atoms with Crippen molar-refractivity contribution < 1.29 is 19.4 Å². The summed E-state index contributed by atoms with van der Waals surface area (Å²) in [6, 6.07) is 2.11. The van der Waals surface area contributed by atoms with Gasteiger partial charge in [0.25, 0.3) is 0 Å². The molecule has 0 aliphatic carbocycles. The minimum Gasteiger partial charge on any atom is -0.462 e. The standard InChI is InChI=1S/C18H21NO4/c1-2-22-17(20)14-10-12-9-11-5-3-7-19-8-4-6-13(15(11)19)16(12)23-18(14)21/h9-10,18,21H,2-8H2,1H3. The van der Waals surface area contributed by atoms with Crippen LogP contribution < -0.4 is 9.64 Å². The SMILES string of the molecule is CCOC(=O)C1=Cc2cc3c4c(c2OC1O)CCCN4CCC3. The summed E-state index contributed by atoms with van der Waals surface area (Å²) in [6.45, 7) is 4.20. The molecule has 1 N–H and O–H groups in total. The molecule has 0 radical (unpaired) electrons. The van der Waals surface area contributed by atoms with E-state index in [4.69, 9.17) is 9.47 Å². The Balaban J connectivity index is 1.83. The van der Waals surface area contributed by atoms with Crippen LogP contribution in [0.1, 0.15) is 36.5 Å². The molecule has 0 saturated heterocycles. The molecule has 0 amide bonds. The number of aryl methyl sites for hydroxylation is 1. The summed E-state index contributed by atoms with van der Waals surface area (Å²) in [5, 5.41) is 10.2. The summed E-state index contributed by atoms with van der Waals surface area (Å²) in [5.74, 6) is 0.217. The van der Waals surface area contributed by atoms with Gasteiger partial charge >= 0.3 is 5.97 Å². The molecule has 0 bridgehead atoms. The molecule has 5 heteroatoms. The summed E-state index contributed by atoms with van der Waals surface area (Å²) in [4.78, 5) is 14.4. The quantitative estimate of drug-likeness (QED) is 0.847. The Bertz CT molecular complexity index is 693. The Hall–Kier alpha value is -2.01. The number of carbonyl (C=O) groups excluding carboxylic acids is 1. The van der Waals surface area contributed by atoms with Gasteiger partial charge in [-0.15, -0.1) is 0 Å². The predicted molar refractivity (Wildman–Crippen MR) is 86.5 cm³/mol. The van der Waals surface area contributed by atoms with Crippen LogP contribution in [0.4, 0.5) is 5.69 Å². The number of nitrogens with zero attached hydrogens (tertiary/aromatic N) is 1. The lowest BCUT2D eigenvalue weighted by Crippen LogP contribution is -2.36. The summed E-state index contributed by atoms with van der Waals surface area (Å²) in [7, 11) is 0. The zero-order valence-electron chi connectivity index (χ0n) is 13.3. The number of carbonyl (C=O) groups is 1. The molecule has 5 nitrogen and oxygen atoms in total. The number of esters is 1. The van der Waals surface area contributed by atoms with Crippen LogP contribution in [0.3, 0.4) is 0 Å². The summed E-state index contributed by atoms with van der Waals surface area (Å²) in [5.41, 5.74) is 4.86. The molecule has 3 heterocycles. The number of aliphatic hydroxyl groups is 1. The molecular weight excluding hydrogens is 294 g/mol. The lowest BCUT2D eigenvalue weighted by atomic mass is 9.88. The second-order valence-electron chi connectivity index (χ2n) is 6.27. The van der Waals surface area contributed by atoms with E-state index in [1.165, 1.54) is 16.8 Å². The topological polar surface area (TPSA) is 59.0 Å². The highest BCUT2D eigenvalue weighted by molar-refractivity contribution is 5.96. The third kappa shape index (κ3) is 2.30. The van der Waals surface area contributed by atoms with Gasteiger partial charge in [0, 0.05) is 29.9 Å². The zero-order chi connectivity index (χ0) is 16.0. The first kappa shape index (κ1) is 14.6. The third-order valence-corrected chi connectivity index (χ3v) is 4.82. The highest BCUT2D eigenvalue weighted by atomic mass is 16.6. The van der Waals surface area contributed by atoms with E-state index in [0.29, 0.717) is 0 Å². The number of hydrogen-bond acceptors (Lipinski definition) is 5. The molecule has 1 aromatic carbocycles. The number of ether oxygens (including phenoxy) is 2. The van der Waals surface area contributed by atoms with E-state index in [1.54, 1.807) is 13.0 Å². The van der Waals surface area contributed by atoms with Crippen LogP contribution in [0.25, 0.3) is 6.08 Å². The number of anilines is 1. The van der Waals surface area contributed by atoms with Gasteiger partial charge in [-0.2, -0.15) is 0 Å². The smallest absolute Gasteiger partial charge is 0.340 e. The zero-order valence-corrected chi connectivity index (χ0v) is 13.3. The Labute approximate surface area is 135 Å². The molecule has 3 aliphatic rings. The first-order valence-corrected chi connectivity index (χ1v) is 8.36. The van der Waals surface area contributed by atoms with E-state index in [1.807, 2.05) is 0 Å². The molecule has 1 aromatic rings. The molecule has 0 saturated carbocycles. The number of benzene rings is 1. The first-order chi connectivity index (χ1) is 11.2. The van der Waals surface area contributed by atoms with E-state index in [2.05, 4.69) is 11.0 Å². The van der Waals surface area contributed by atoms with E-state index in [9.17, 15) is 9.90 Å². The molecule has 3 aliphatic heterocycles. The van der Waals surface area contributed by atoms with E-state index in [-0.39, 0.29) is 12.2 Å². The Kier molecular flexibility index (Phi) is 3.53. The minimum absolute atomic E-state index is 0.176. The van der Waals surface area contributed by atoms with E-state index >= 15 is 0 Å². The van der Waals surface area contributed by atoms with Crippen molar-refractivity contribution in [1.29, 1.82) is 0 Å². The van der Waals surface area contributed by atoms with Crippen LogP contribution in [0.2, 0.25) is 0 Å². The van der Waals surface area contributed by atoms with Crippen LogP contribution >= 0.6 is 0 Å². The van der Waals surface area contributed by atoms with Crippen LogP contribution in [-0.4, -0.2) is 37.1 Å². The second kappa shape index (κ2) is 5.57. The van der Waals surface area contributed by atoms with Crippen molar-refractivity contribution in [3.05, 3.63) is 28.3 Å². The Morgan fingerprint density at radius 1 is 1.39 bits per heavy atom. The van der Waals surface area contributed by atoms with Crippen molar-refractivity contribution in [2.45, 2.75) is 38.9 Å². The molecule has 0 spiro atoms. The Morgan fingerprint density at radius 2 is 2.17 bits per heavy atom. The molecule has 1 unspecified atom stereocenters. The fourth-order valence-electron chi connectivity index (χ4n) is 3.89. The summed E-state index contributed by atoms with van der Waals surface area (Å²) < 4.78 is 10.8. The molecule has 23 heavy (non-hydrogen) atoms. The van der Waals surface area contributed by atoms with Gasteiger partial charge in [-0.05, 0) is 50.3 Å². The maximum Gasteiger partial charge on any atom is 0.340 e. The fourth-order valence-corrected chi connectivity index (χ4v) is 3.89. The van der Waals surface area contributed by atoms with Crippen LogP contribution in [0.15, 0.2) is 11.6 Å². The van der Waals surface area contributed by atoms with E-state index < -0.39 is 12.3 Å². The van der Waals surface area contributed by atoms with Gasteiger partial charge < -0.3 is 19.5 Å². The lowest BCUT2D eigenvalue weighted by Gasteiger charge is -2.39. The molecule has 0 aromatic heterocycles. The van der Waals surface area contributed by atoms with Gasteiger partial charge in [-0.3, -0.25) is 0 Å². The highest BCUT2D eigenvalue weighted by Crippen LogP contribution is 2.45. The number of hydrogen-bond donors (Lipinski definition) is 1. The predicted octanol–water partition coefficient (Wildman–Crippen LogP) is 2.04. The highest BCUT2D eigenvalue weighted by Gasteiger charge is 2.33. The molecule has 1 atom stereocenters. The summed E-state index contributed by atoms with van der Waals surface area (Å²) >= 11 is 0. The van der Waals surface area contributed by atoms with Gasteiger partial charge in [0.1, 0.15) is 11.3 Å². The van der Waals surface area contributed by atoms with Crippen molar-refractivity contribution in [1.82, 2.24) is 0 Å². The lowest BCUT2D eigenvalue weighted by molar-refractivity contribution is -0.141. The largest absolute Gasteiger partial charge is 0.462 e. The maximum absolute atomic E-state index is 12.0. The van der Waals surface area contributed by atoms with Crippen molar-refractivity contribution in [3.63, 3.8) is 0 Å². The van der Waals surface area contributed by atoms with Crippen molar-refractivity contribution in [3.8, 4) is 5.75 Å². The maximum atomic E-state index is 12.0. The number of rotatable bonds is 2. The first-order valence-electron chi connectivity index (χ1n) is 8.36. The van der Waals surface area contributed by atoms with Crippen molar-refractivity contribution in [2.24, 2.45) is 0 Å². The number of aliphatic hydroxyl groups excluding tert-OH is 1. The van der Waals surface area contributed by atoms with Gasteiger partial charge in [0.05, 0.1) is 6.61 Å². The second-order valence-corrected chi connectivity index (χ2v) is 6.27. The van der Waals surface area contributed by atoms with Crippen molar-refractivity contribution in [2.75, 3.05) is 24.6 Å². The average molecular weight is 315 g/mol. The van der Waals surface area contributed by atoms with Gasteiger partial charge in [0.15, 0.2) is 0 Å². The van der Waals surface area contributed by atoms with Crippen LogP contribution in [0, 0.1) is 0 Å². The van der Waals surface area contributed by atoms with Gasteiger partial charge in [0.2, 0.25) is 6.29 Å². The van der Waals surface area contributed by atoms with Crippen LogP contribution in [-0.2, 0) is 22.4 Å². The molecular formula is C18H21NO4. The monoisotopic (exact) mass is 315 g/mol. The van der Waals surface area contributed by atoms with Crippen molar-refractivity contribution >= 4 is 17.7 Å². The Morgan fingerprint density at radius 3 is 2.96 bits per heavy atom. The third-order valence-electron chi connectivity index (χ3n) is 4.82. The fraction of sp³-hybridized carbons (Fsp3) is 0.500. The van der Waals surface area contributed by atoms with E-state index in [0.717, 1.165) is 50.1 Å². The van der Waals surface area contributed by atoms with Crippen LogP contribution in [0.5, 0.6) is 5.75 Å². The summed E-state index contributed by atoms with van der Waals surface area (Å²) in [6.07, 6.45) is 4.73.